The topological polar surface area (TPSA) is 0 Å². The van der Waals surface area contributed by atoms with Crippen LogP contribution in [-0.4, -0.2) is 30.7 Å². The Morgan fingerprint density at radius 2 is 1.58 bits per heavy atom. The minimum absolute atomic E-state index is 0.286. The van der Waals surface area contributed by atoms with Crippen molar-refractivity contribution in [3.8, 4) is 0 Å². The maximum absolute atomic E-state index is 12.7. The molecule has 0 heterocycles. The van der Waals surface area contributed by atoms with Gasteiger partial charge < -0.3 is 0 Å². The van der Waals surface area contributed by atoms with Crippen molar-refractivity contribution in [1.29, 1.82) is 0 Å². The predicted molar refractivity (Wildman–Crippen MR) is 43.7 cm³/mol. The summed E-state index contributed by atoms with van der Waals surface area (Å²) in [6, 6.07) is 0. The van der Waals surface area contributed by atoms with Crippen molar-refractivity contribution in [3.05, 3.63) is 0 Å². The first kappa shape index (κ1) is 12.5. The molecule has 0 aromatic carbocycles. The van der Waals surface area contributed by atoms with Crippen molar-refractivity contribution in [2.24, 2.45) is 0 Å². The molecule has 5 heteroatoms. The molecule has 0 radical (unpaired) electrons. The third kappa shape index (κ3) is 7.18. The Morgan fingerprint density at radius 1 is 1.17 bits per heavy atom. The Bertz CT molecular complexity index is 139. The summed E-state index contributed by atoms with van der Waals surface area (Å²) in [5.41, 5.74) is 0. The summed E-state index contributed by atoms with van der Waals surface area (Å²) >= 11 is -2.62. The second-order valence-corrected chi connectivity index (χ2v) is 19.8. The predicted octanol–water partition coefficient (Wildman–Crippen LogP) is 3.62. The third-order valence-corrected chi connectivity index (χ3v) is 5.75. The van der Waals surface area contributed by atoms with E-state index in [1.807, 2.05) is 14.8 Å². The molecule has 0 atom stereocenters. The number of hydrogen-bond acceptors (Lipinski definition) is 0. The zero-order valence-electron chi connectivity index (χ0n) is 7.50. The van der Waals surface area contributed by atoms with Gasteiger partial charge in [-0.15, -0.1) is 0 Å². The van der Waals surface area contributed by atoms with Crippen LogP contribution in [0.25, 0.3) is 0 Å². The SMILES string of the molecule is [CH3][Sn]([CH3])([CH3])[CH2]C(F)(F)CC(F)F. The molecule has 0 aromatic heterocycles. The van der Waals surface area contributed by atoms with E-state index >= 15 is 0 Å². The van der Waals surface area contributed by atoms with Crippen LogP contribution in [0.2, 0.25) is 19.3 Å². The van der Waals surface area contributed by atoms with Crippen LogP contribution in [0.4, 0.5) is 17.6 Å². The van der Waals surface area contributed by atoms with Crippen molar-refractivity contribution in [2.45, 2.75) is 38.0 Å². The van der Waals surface area contributed by atoms with Crippen molar-refractivity contribution in [2.75, 3.05) is 0 Å². The van der Waals surface area contributed by atoms with Crippen LogP contribution in [0.5, 0.6) is 0 Å². The van der Waals surface area contributed by atoms with E-state index in [-0.39, 0.29) is 4.44 Å². The standard InChI is InChI=1S/C4H5F4.3CH3.Sn/c1-4(7,8)2-3(5)6;;;;/h3H,1-2H2;3*1H3;. The Balaban J connectivity index is 4.04. The Hall–Kier alpha value is 0.519. The van der Waals surface area contributed by atoms with Crippen LogP contribution in [0, 0.1) is 0 Å². The molecule has 0 aliphatic rings. The zero-order valence-corrected chi connectivity index (χ0v) is 10.4. The van der Waals surface area contributed by atoms with Gasteiger partial charge in [-0.2, -0.15) is 0 Å². The number of hydrogen-bond donors (Lipinski definition) is 0. The number of halogens is 4. The second-order valence-electron chi connectivity index (χ2n) is 4.19. The van der Waals surface area contributed by atoms with E-state index in [1.165, 1.54) is 0 Å². The van der Waals surface area contributed by atoms with Crippen LogP contribution in [0.3, 0.4) is 0 Å². The summed E-state index contributed by atoms with van der Waals surface area (Å²) in [6.07, 6.45) is -4.17. The molecule has 0 rings (SSSR count). The first-order chi connectivity index (χ1) is 5.12. The average Bonchev–Trinajstić information content (AvgIpc) is 1.48. The number of alkyl halides is 4. The average molecular weight is 293 g/mol. The van der Waals surface area contributed by atoms with Crippen LogP contribution in [0.1, 0.15) is 6.42 Å². The molecule has 12 heavy (non-hydrogen) atoms. The summed E-state index contributed by atoms with van der Waals surface area (Å²) in [5, 5.41) is 0. The fraction of sp³-hybridized carbons (Fsp3) is 1.00. The van der Waals surface area contributed by atoms with E-state index in [0.29, 0.717) is 0 Å². The summed E-state index contributed by atoms with van der Waals surface area (Å²) < 4.78 is 48.5. The summed E-state index contributed by atoms with van der Waals surface area (Å²) in [7, 11) is 0. The van der Waals surface area contributed by atoms with E-state index in [4.69, 9.17) is 0 Å². The van der Waals surface area contributed by atoms with Crippen molar-refractivity contribution >= 4 is 18.4 Å². The Kier molecular flexibility index (Phi) is 4.33. The molecular weight excluding hydrogens is 279 g/mol. The van der Waals surface area contributed by atoms with Crippen molar-refractivity contribution in [3.63, 3.8) is 0 Å². The van der Waals surface area contributed by atoms with Gasteiger partial charge in [-0.25, -0.2) is 0 Å². The van der Waals surface area contributed by atoms with Gasteiger partial charge >= 0.3 is 74.0 Å². The first-order valence-electron chi connectivity index (χ1n) is 3.78. The van der Waals surface area contributed by atoms with E-state index in [0.717, 1.165) is 0 Å². The Morgan fingerprint density at radius 3 is 1.83 bits per heavy atom. The summed E-state index contributed by atoms with van der Waals surface area (Å²) in [4.78, 5) is 5.44. The molecule has 0 nitrogen and oxygen atoms in total. The summed E-state index contributed by atoms with van der Waals surface area (Å²) in [6.45, 7) is 0. The van der Waals surface area contributed by atoms with Gasteiger partial charge in [0.1, 0.15) is 0 Å². The monoisotopic (exact) mass is 294 g/mol. The number of rotatable bonds is 4. The third-order valence-electron chi connectivity index (χ3n) is 1.24. The molecule has 0 unspecified atom stereocenters. The first-order valence-corrected chi connectivity index (χ1v) is 14.4. The van der Waals surface area contributed by atoms with Crippen LogP contribution in [-0.2, 0) is 0 Å². The molecule has 74 valence electrons. The van der Waals surface area contributed by atoms with Crippen LogP contribution >= 0.6 is 0 Å². The fourth-order valence-corrected chi connectivity index (χ4v) is 5.91. The summed E-state index contributed by atoms with van der Waals surface area (Å²) in [5.74, 6) is -3.15. The molecule has 0 saturated carbocycles. The molecule has 0 spiro atoms. The molecule has 0 N–H and O–H groups in total. The second kappa shape index (κ2) is 4.15. The van der Waals surface area contributed by atoms with Gasteiger partial charge in [0.25, 0.3) is 0 Å². The molecule has 0 bridgehead atoms. The van der Waals surface area contributed by atoms with E-state index in [9.17, 15) is 17.6 Å². The fourth-order valence-electron chi connectivity index (χ4n) is 1.07. The quantitative estimate of drug-likeness (QED) is 0.548. The van der Waals surface area contributed by atoms with Gasteiger partial charge in [-0.3, -0.25) is 0 Å². The molecular formula is C7H14F4Sn. The van der Waals surface area contributed by atoms with Crippen LogP contribution < -0.4 is 0 Å². The van der Waals surface area contributed by atoms with Crippen molar-refractivity contribution < 1.29 is 17.6 Å². The molecule has 0 fully saturated rings. The molecule has 0 saturated heterocycles. The van der Waals surface area contributed by atoms with Gasteiger partial charge in [0.2, 0.25) is 0 Å². The van der Waals surface area contributed by atoms with Gasteiger partial charge in [0, 0.05) is 0 Å². The molecule has 0 aliphatic carbocycles. The van der Waals surface area contributed by atoms with E-state index < -0.39 is 37.1 Å². The van der Waals surface area contributed by atoms with Gasteiger partial charge in [-0.1, -0.05) is 0 Å². The van der Waals surface area contributed by atoms with Gasteiger partial charge in [-0.05, 0) is 0 Å². The maximum atomic E-state index is 12.7. The minimum atomic E-state index is -3.15. The van der Waals surface area contributed by atoms with Crippen molar-refractivity contribution in [1.82, 2.24) is 0 Å². The van der Waals surface area contributed by atoms with Crippen LogP contribution in [0.15, 0.2) is 0 Å². The molecule has 0 amide bonds. The Labute approximate surface area is 74.2 Å². The van der Waals surface area contributed by atoms with E-state index in [2.05, 4.69) is 0 Å². The van der Waals surface area contributed by atoms with E-state index in [1.54, 1.807) is 0 Å². The van der Waals surface area contributed by atoms with Gasteiger partial charge in [0.05, 0.1) is 0 Å². The van der Waals surface area contributed by atoms with Gasteiger partial charge in [0.15, 0.2) is 0 Å². The molecule has 0 aliphatic heterocycles. The normalized spacial score (nSPS) is 14.0. The molecule has 0 aromatic rings. The zero-order chi connectivity index (χ0) is 9.99.